The molecule has 1 aromatic rings. The maximum absolute atomic E-state index is 12.2. The summed E-state index contributed by atoms with van der Waals surface area (Å²) in [5.74, 6) is 0.579. The van der Waals surface area contributed by atoms with Gasteiger partial charge in [-0.1, -0.05) is 6.07 Å². The van der Waals surface area contributed by atoms with Crippen molar-refractivity contribution in [2.24, 2.45) is 0 Å². The van der Waals surface area contributed by atoms with Crippen LogP contribution in [0, 0.1) is 0 Å². The SMILES string of the molecule is COc1cccc(S(=O)CC(=O)N2CCC(=O)CC2)c1. The Morgan fingerprint density at radius 2 is 2.05 bits per heavy atom. The van der Waals surface area contributed by atoms with Crippen molar-refractivity contribution < 1.29 is 18.5 Å². The van der Waals surface area contributed by atoms with Crippen molar-refractivity contribution in [3.05, 3.63) is 24.3 Å². The molecular formula is C14H17NO4S. The number of benzene rings is 1. The quantitative estimate of drug-likeness (QED) is 0.831. The first-order chi connectivity index (χ1) is 9.60. The zero-order valence-electron chi connectivity index (χ0n) is 11.3. The molecule has 0 radical (unpaired) electrons. The second-order valence-corrected chi connectivity index (χ2v) is 6.04. The van der Waals surface area contributed by atoms with Gasteiger partial charge in [-0.05, 0) is 18.2 Å². The van der Waals surface area contributed by atoms with E-state index in [4.69, 9.17) is 4.74 Å². The van der Waals surface area contributed by atoms with Gasteiger partial charge >= 0.3 is 0 Å². The Labute approximate surface area is 120 Å². The highest BCUT2D eigenvalue weighted by Crippen LogP contribution is 2.16. The average molecular weight is 295 g/mol. The van der Waals surface area contributed by atoms with Gasteiger partial charge in [0.1, 0.15) is 17.3 Å². The van der Waals surface area contributed by atoms with E-state index in [9.17, 15) is 13.8 Å². The molecule has 1 heterocycles. The molecule has 5 nitrogen and oxygen atoms in total. The van der Waals surface area contributed by atoms with E-state index in [0.29, 0.717) is 36.6 Å². The molecule has 0 spiro atoms. The maximum atomic E-state index is 12.2. The molecule has 1 aliphatic heterocycles. The highest BCUT2D eigenvalue weighted by atomic mass is 32.2. The van der Waals surface area contributed by atoms with Gasteiger partial charge < -0.3 is 9.64 Å². The van der Waals surface area contributed by atoms with Crippen LogP contribution in [0.5, 0.6) is 5.75 Å². The van der Waals surface area contributed by atoms with E-state index in [1.807, 2.05) is 0 Å². The number of methoxy groups -OCH3 is 1. The fraction of sp³-hybridized carbons (Fsp3) is 0.429. The van der Waals surface area contributed by atoms with Crippen molar-refractivity contribution in [2.45, 2.75) is 17.7 Å². The lowest BCUT2D eigenvalue weighted by atomic mass is 10.1. The van der Waals surface area contributed by atoms with Crippen molar-refractivity contribution in [1.29, 1.82) is 0 Å². The molecule has 1 aromatic carbocycles. The van der Waals surface area contributed by atoms with Crippen LogP contribution in [0.3, 0.4) is 0 Å². The van der Waals surface area contributed by atoms with Crippen LogP contribution in [0.4, 0.5) is 0 Å². The number of hydrogen-bond acceptors (Lipinski definition) is 4. The Morgan fingerprint density at radius 3 is 2.70 bits per heavy atom. The molecule has 0 aliphatic carbocycles. The number of carbonyl (C=O) groups excluding carboxylic acids is 2. The van der Waals surface area contributed by atoms with E-state index >= 15 is 0 Å². The molecule has 0 N–H and O–H groups in total. The third-order valence-corrected chi connectivity index (χ3v) is 4.52. The summed E-state index contributed by atoms with van der Waals surface area (Å²) in [6.07, 6.45) is 0.801. The minimum absolute atomic E-state index is 0.0542. The summed E-state index contributed by atoms with van der Waals surface area (Å²) in [5.41, 5.74) is 0. The first-order valence-corrected chi connectivity index (χ1v) is 7.74. The number of piperidine rings is 1. The first-order valence-electron chi connectivity index (χ1n) is 6.42. The lowest BCUT2D eigenvalue weighted by Gasteiger charge is -2.25. The number of carbonyl (C=O) groups is 2. The van der Waals surface area contributed by atoms with Crippen LogP contribution in [0.2, 0.25) is 0 Å². The number of Topliss-reactive ketones (excluding diaryl/α,β-unsaturated/α-hetero) is 1. The lowest BCUT2D eigenvalue weighted by molar-refractivity contribution is -0.132. The Bertz CT molecular complexity index is 534. The van der Waals surface area contributed by atoms with Crippen LogP contribution < -0.4 is 4.74 Å². The molecule has 6 heteroatoms. The molecule has 1 unspecified atom stereocenters. The van der Waals surface area contributed by atoms with E-state index in [1.54, 1.807) is 29.2 Å². The van der Waals surface area contributed by atoms with E-state index < -0.39 is 10.8 Å². The van der Waals surface area contributed by atoms with Crippen molar-refractivity contribution >= 4 is 22.5 Å². The molecule has 0 saturated carbocycles. The standard InChI is InChI=1S/C14H17NO4S/c1-19-12-3-2-4-13(9-12)20(18)10-14(17)15-7-5-11(16)6-8-15/h2-4,9H,5-8,10H2,1H3. The molecule has 108 valence electrons. The number of rotatable bonds is 4. The Kier molecular flexibility index (Phi) is 4.89. The molecule has 0 bridgehead atoms. The molecule has 2 rings (SSSR count). The normalized spacial score (nSPS) is 16.9. The zero-order chi connectivity index (χ0) is 14.5. The zero-order valence-corrected chi connectivity index (χ0v) is 12.1. The summed E-state index contributed by atoms with van der Waals surface area (Å²) in [7, 11) is 0.148. The monoisotopic (exact) mass is 295 g/mol. The maximum Gasteiger partial charge on any atom is 0.235 e. The molecule has 0 aromatic heterocycles. The smallest absolute Gasteiger partial charge is 0.235 e. The van der Waals surface area contributed by atoms with Crippen LogP contribution in [0.15, 0.2) is 29.2 Å². The van der Waals surface area contributed by atoms with E-state index in [2.05, 4.69) is 0 Å². The molecule has 1 fully saturated rings. The minimum atomic E-state index is -1.39. The van der Waals surface area contributed by atoms with Gasteiger partial charge in [0.2, 0.25) is 5.91 Å². The van der Waals surface area contributed by atoms with Gasteiger partial charge in [-0.25, -0.2) is 0 Å². The van der Waals surface area contributed by atoms with Gasteiger partial charge in [-0.3, -0.25) is 13.8 Å². The number of ketones is 1. The predicted molar refractivity (Wildman–Crippen MR) is 75.1 cm³/mol. The highest BCUT2D eigenvalue weighted by Gasteiger charge is 2.22. The minimum Gasteiger partial charge on any atom is -0.497 e. The second kappa shape index (κ2) is 6.65. The number of amides is 1. The summed E-state index contributed by atoms with van der Waals surface area (Å²) in [6, 6.07) is 6.89. The van der Waals surface area contributed by atoms with E-state index in [1.165, 1.54) is 7.11 Å². The molecule has 1 aliphatic rings. The molecule has 1 saturated heterocycles. The number of nitrogens with zero attached hydrogens (tertiary/aromatic N) is 1. The fourth-order valence-electron chi connectivity index (χ4n) is 2.04. The van der Waals surface area contributed by atoms with Gasteiger partial charge in [0.05, 0.1) is 17.9 Å². The molecule has 20 heavy (non-hydrogen) atoms. The number of likely N-dealkylation sites (tertiary alicyclic amines) is 1. The van der Waals surface area contributed by atoms with Crippen molar-refractivity contribution in [1.82, 2.24) is 4.90 Å². The molecular weight excluding hydrogens is 278 g/mol. The Morgan fingerprint density at radius 1 is 1.35 bits per heavy atom. The van der Waals surface area contributed by atoms with Gasteiger partial charge in [0.25, 0.3) is 0 Å². The summed E-state index contributed by atoms with van der Waals surface area (Å²) in [5, 5.41) is 0. The van der Waals surface area contributed by atoms with Crippen LogP contribution in [0.25, 0.3) is 0 Å². The average Bonchev–Trinajstić information content (AvgIpc) is 2.47. The fourth-order valence-corrected chi connectivity index (χ4v) is 3.09. The van der Waals surface area contributed by atoms with Crippen molar-refractivity contribution in [2.75, 3.05) is 26.0 Å². The number of hydrogen-bond donors (Lipinski definition) is 0. The number of ether oxygens (including phenoxy) is 1. The second-order valence-electron chi connectivity index (χ2n) is 4.59. The van der Waals surface area contributed by atoms with E-state index in [0.717, 1.165) is 0 Å². The van der Waals surface area contributed by atoms with Crippen LogP contribution in [-0.2, 0) is 20.4 Å². The summed E-state index contributed by atoms with van der Waals surface area (Å²) >= 11 is 0. The summed E-state index contributed by atoms with van der Waals surface area (Å²) in [6.45, 7) is 0.875. The molecule has 1 atom stereocenters. The predicted octanol–water partition coefficient (Wildman–Crippen LogP) is 0.994. The van der Waals surface area contributed by atoms with Gasteiger partial charge in [0, 0.05) is 30.8 Å². The van der Waals surface area contributed by atoms with Crippen LogP contribution in [-0.4, -0.2) is 46.8 Å². The first kappa shape index (κ1) is 14.7. The van der Waals surface area contributed by atoms with Crippen LogP contribution >= 0.6 is 0 Å². The van der Waals surface area contributed by atoms with Gasteiger partial charge in [-0.15, -0.1) is 0 Å². The van der Waals surface area contributed by atoms with Crippen molar-refractivity contribution in [3.8, 4) is 5.75 Å². The largest absolute Gasteiger partial charge is 0.497 e. The highest BCUT2D eigenvalue weighted by molar-refractivity contribution is 7.85. The van der Waals surface area contributed by atoms with Gasteiger partial charge in [-0.2, -0.15) is 0 Å². The lowest BCUT2D eigenvalue weighted by Crippen LogP contribution is -2.40. The third-order valence-electron chi connectivity index (χ3n) is 3.23. The summed E-state index contributed by atoms with van der Waals surface area (Å²) < 4.78 is 17.2. The third kappa shape index (κ3) is 3.66. The van der Waals surface area contributed by atoms with Crippen molar-refractivity contribution in [3.63, 3.8) is 0 Å². The Balaban J connectivity index is 1.96. The van der Waals surface area contributed by atoms with Gasteiger partial charge in [0.15, 0.2) is 0 Å². The van der Waals surface area contributed by atoms with Crippen LogP contribution in [0.1, 0.15) is 12.8 Å². The van der Waals surface area contributed by atoms with E-state index in [-0.39, 0.29) is 17.4 Å². The topological polar surface area (TPSA) is 63.7 Å². The molecule has 1 amide bonds. The summed E-state index contributed by atoms with van der Waals surface area (Å²) in [4.78, 5) is 25.4. The Hall–Kier alpha value is -1.69.